The highest BCUT2D eigenvalue weighted by Gasteiger charge is 2.23. The number of fused-ring (bicyclic) bond motifs is 1. The molecule has 2 N–H and O–H groups in total. The number of carbonyl (C=O) groups is 2. The van der Waals surface area contributed by atoms with Crippen molar-refractivity contribution < 1.29 is 19.4 Å². The molecule has 0 saturated carbocycles. The number of hydrogen-bond acceptors (Lipinski definition) is 5. The summed E-state index contributed by atoms with van der Waals surface area (Å²) in [6.45, 7) is 2.94. The molecule has 0 radical (unpaired) electrons. The molecule has 0 aromatic heterocycles. The molecule has 1 unspecified atom stereocenters. The lowest BCUT2D eigenvalue weighted by Gasteiger charge is -2.23. The van der Waals surface area contributed by atoms with Crippen LogP contribution in [0.5, 0.6) is 5.75 Å². The predicted molar refractivity (Wildman–Crippen MR) is 170 cm³/mol. The van der Waals surface area contributed by atoms with E-state index in [0.717, 1.165) is 29.4 Å². The van der Waals surface area contributed by atoms with Gasteiger partial charge in [0.1, 0.15) is 12.4 Å². The van der Waals surface area contributed by atoms with Crippen molar-refractivity contribution in [3.8, 4) is 5.75 Å². The van der Waals surface area contributed by atoms with Crippen molar-refractivity contribution in [1.29, 1.82) is 0 Å². The minimum atomic E-state index is -0.916. The number of aliphatic carboxylic acids is 1. The largest absolute Gasteiger partial charge is 0.492 e. The standard InChI is InChI=1S/C37H36N2O4/c40-35(41)20-21-38-36(32-19-18-30-14-7-8-15-31(30)24-32)37(42)33-16-9-17-34(25-33)43-23-22-39(26-28-10-3-1-4-11-28)27-29-12-5-2-6-13-29/h1-19,24-25,36,38H,20-23,26-27H2,(H,40,41). The van der Waals surface area contributed by atoms with E-state index in [9.17, 15) is 14.7 Å². The first-order chi connectivity index (χ1) is 21.0. The molecular weight excluding hydrogens is 536 g/mol. The number of benzene rings is 5. The Bertz CT molecular complexity index is 1600. The Morgan fingerprint density at radius 3 is 2.05 bits per heavy atom. The number of carboxylic acid groups (broad SMARTS) is 1. The normalized spacial score (nSPS) is 11.8. The van der Waals surface area contributed by atoms with Crippen molar-refractivity contribution in [3.05, 3.63) is 150 Å². The van der Waals surface area contributed by atoms with Gasteiger partial charge in [-0.1, -0.05) is 109 Å². The van der Waals surface area contributed by atoms with E-state index in [1.807, 2.05) is 66.7 Å². The molecule has 0 aliphatic carbocycles. The molecule has 43 heavy (non-hydrogen) atoms. The number of carbonyl (C=O) groups excluding carboxylic acids is 1. The van der Waals surface area contributed by atoms with E-state index >= 15 is 0 Å². The van der Waals surface area contributed by atoms with Crippen LogP contribution in [0, 0.1) is 0 Å². The number of hydrogen-bond donors (Lipinski definition) is 2. The van der Waals surface area contributed by atoms with Crippen LogP contribution in [-0.2, 0) is 17.9 Å². The van der Waals surface area contributed by atoms with Gasteiger partial charge in [-0.15, -0.1) is 0 Å². The fourth-order valence-corrected chi connectivity index (χ4v) is 5.17. The lowest BCUT2D eigenvalue weighted by Crippen LogP contribution is -2.30. The smallest absolute Gasteiger partial charge is 0.304 e. The third kappa shape index (κ3) is 8.61. The fourth-order valence-electron chi connectivity index (χ4n) is 5.17. The van der Waals surface area contributed by atoms with Crippen LogP contribution in [-0.4, -0.2) is 41.5 Å². The molecule has 0 spiro atoms. The zero-order valence-corrected chi connectivity index (χ0v) is 24.1. The van der Waals surface area contributed by atoms with Gasteiger partial charge in [-0.3, -0.25) is 14.5 Å². The number of Topliss-reactive ketones (excluding diaryl/α,β-unsaturated/α-hetero) is 1. The van der Waals surface area contributed by atoms with Gasteiger partial charge in [0.2, 0.25) is 0 Å². The molecule has 5 aromatic carbocycles. The van der Waals surface area contributed by atoms with Gasteiger partial charge < -0.3 is 15.2 Å². The van der Waals surface area contributed by atoms with Crippen LogP contribution in [0.25, 0.3) is 10.8 Å². The molecule has 0 aliphatic heterocycles. The van der Waals surface area contributed by atoms with Gasteiger partial charge in [0, 0.05) is 31.7 Å². The van der Waals surface area contributed by atoms with E-state index in [2.05, 4.69) is 58.7 Å². The SMILES string of the molecule is O=C(O)CCNC(C(=O)c1cccc(OCCN(Cc2ccccc2)Cc2ccccc2)c1)c1ccc2ccccc2c1. The number of rotatable bonds is 15. The summed E-state index contributed by atoms with van der Waals surface area (Å²) in [5.74, 6) is -0.435. The van der Waals surface area contributed by atoms with Crippen LogP contribution < -0.4 is 10.1 Å². The maximum Gasteiger partial charge on any atom is 0.304 e. The van der Waals surface area contributed by atoms with E-state index in [-0.39, 0.29) is 18.7 Å². The highest BCUT2D eigenvalue weighted by molar-refractivity contribution is 6.01. The monoisotopic (exact) mass is 572 g/mol. The van der Waals surface area contributed by atoms with Crippen molar-refractivity contribution >= 4 is 22.5 Å². The molecule has 0 amide bonds. The molecule has 5 rings (SSSR count). The summed E-state index contributed by atoms with van der Waals surface area (Å²) in [5, 5.41) is 14.4. The van der Waals surface area contributed by atoms with Crippen LogP contribution in [0.1, 0.15) is 39.5 Å². The number of nitrogens with one attached hydrogen (secondary N) is 1. The molecule has 0 saturated heterocycles. The van der Waals surface area contributed by atoms with Gasteiger partial charge in [-0.05, 0) is 45.7 Å². The third-order valence-corrected chi connectivity index (χ3v) is 7.35. The highest BCUT2D eigenvalue weighted by Crippen LogP contribution is 2.25. The van der Waals surface area contributed by atoms with Crippen LogP contribution in [0.3, 0.4) is 0 Å². The Morgan fingerprint density at radius 2 is 1.37 bits per heavy atom. The van der Waals surface area contributed by atoms with E-state index < -0.39 is 12.0 Å². The zero-order valence-electron chi connectivity index (χ0n) is 24.1. The lowest BCUT2D eigenvalue weighted by molar-refractivity contribution is -0.136. The van der Waals surface area contributed by atoms with E-state index in [4.69, 9.17) is 4.74 Å². The molecule has 0 aliphatic rings. The van der Waals surface area contributed by atoms with E-state index in [1.54, 1.807) is 12.1 Å². The molecule has 5 aromatic rings. The molecule has 1 atom stereocenters. The van der Waals surface area contributed by atoms with E-state index in [0.29, 0.717) is 24.5 Å². The van der Waals surface area contributed by atoms with Crippen molar-refractivity contribution in [3.63, 3.8) is 0 Å². The van der Waals surface area contributed by atoms with Gasteiger partial charge in [-0.25, -0.2) is 0 Å². The summed E-state index contributed by atoms with van der Waals surface area (Å²) in [5.41, 5.74) is 3.77. The van der Waals surface area contributed by atoms with Gasteiger partial charge in [0.05, 0.1) is 12.5 Å². The lowest BCUT2D eigenvalue weighted by atomic mass is 9.95. The van der Waals surface area contributed by atoms with Crippen molar-refractivity contribution in [2.24, 2.45) is 0 Å². The van der Waals surface area contributed by atoms with Gasteiger partial charge in [0.15, 0.2) is 5.78 Å². The first kappa shape index (κ1) is 29.7. The van der Waals surface area contributed by atoms with Crippen molar-refractivity contribution in [1.82, 2.24) is 10.2 Å². The maximum absolute atomic E-state index is 13.8. The predicted octanol–water partition coefficient (Wildman–Crippen LogP) is 6.91. The minimum absolute atomic E-state index is 0.0804. The zero-order chi connectivity index (χ0) is 29.9. The average molecular weight is 573 g/mol. The van der Waals surface area contributed by atoms with Gasteiger partial charge in [-0.2, -0.15) is 0 Å². The van der Waals surface area contributed by atoms with Crippen LogP contribution >= 0.6 is 0 Å². The minimum Gasteiger partial charge on any atom is -0.492 e. The van der Waals surface area contributed by atoms with Crippen LogP contribution in [0.2, 0.25) is 0 Å². The third-order valence-electron chi connectivity index (χ3n) is 7.35. The Morgan fingerprint density at radius 1 is 0.721 bits per heavy atom. The summed E-state index contributed by atoms with van der Waals surface area (Å²) in [4.78, 5) is 27.4. The maximum atomic E-state index is 13.8. The van der Waals surface area contributed by atoms with Crippen LogP contribution in [0.15, 0.2) is 127 Å². The average Bonchev–Trinajstić information content (AvgIpc) is 3.03. The van der Waals surface area contributed by atoms with Crippen molar-refractivity contribution in [2.75, 3.05) is 19.7 Å². The summed E-state index contributed by atoms with van der Waals surface area (Å²) in [6.07, 6.45) is -0.0804. The summed E-state index contributed by atoms with van der Waals surface area (Å²) in [6, 6.07) is 41.2. The number of carboxylic acids is 1. The van der Waals surface area contributed by atoms with Crippen LogP contribution in [0.4, 0.5) is 0 Å². The van der Waals surface area contributed by atoms with Crippen molar-refractivity contribution in [2.45, 2.75) is 25.6 Å². The Kier molecular flexibility index (Phi) is 10.3. The molecular formula is C37H36N2O4. The second-order valence-electron chi connectivity index (χ2n) is 10.6. The topological polar surface area (TPSA) is 78.9 Å². The molecule has 0 bridgehead atoms. The molecule has 6 nitrogen and oxygen atoms in total. The van der Waals surface area contributed by atoms with Gasteiger partial charge >= 0.3 is 5.97 Å². The fraction of sp³-hybridized carbons (Fsp3) is 0.189. The Labute approximate surface area is 252 Å². The summed E-state index contributed by atoms with van der Waals surface area (Å²) in [7, 11) is 0. The highest BCUT2D eigenvalue weighted by atomic mass is 16.5. The van der Waals surface area contributed by atoms with E-state index in [1.165, 1.54) is 11.1 Å². The quantitative estimate of drug-likeness (QED) is 0.133. The summed E-state index contributed by atoms with van der Waals surface area (Å²) >= 11 is 0. The molecule has 6 heteroatoms. The molecule has 0 fully saturated rings. The number of nitrogens with zero attached hydrogens (tertiary/aromatic N) is 1. The molecule has 0 heterocycles. The number of ether oxygens (including phenoxy) is 1. The van der Waals surface area contributed by atoms with Gasteiger partial charge in [0.25, 0.3) is 0 Å². The number of ketones is 1. The second-order valence-corrected chi connectivity index (χ2v) is 10.6. The Hall–Kier alpha value is -4.78. The summed E-state index contributed by atoms with van der Waals surface area (Å²) < 4.78 is 6.17. The first-order valence-corrected chi connectivity index (χ1v) is 14.6. The Balaban J connectivity index is 1.28. The first-order valence-electron chi connectivity index (χ1n) is 14.6. The second kappa shape index (κ2) is 14.9. The molecule has 218 valence electrons.